The number of nitrogens with one attached hydrogen (secondary N) is 1. The summed E-state index contributed by atoms with van der Waals surface area (Å²) in [5.74, 6) is -0.687. The molecule has 2 aromatic rings. The van der Waals surface area contributed by atoms with E-state index in [0.29, 0.717) is 16.8 Å². The fraction of sp³-hybridized carbons (Fsp3) is 0.316. The Kier molecular flexibility index (Phi) is 6.21. The molecule has 0 saturated carbocycles. The van der Waals surface area contributed by atoms with Crippen molar-refractivity contribution in [3.63, 3.8) is 0 Å². The molecular weight excluding hydrogens is 429 g/mol. The Morgan fingerprint density at radius 3 is 2.34 bits per heavy atom. The summed E-state index contributed by atoms with van der Waals surface area (Å²) < 4.78 is 65.2. The Balaban J connectivity index is 1.67. The molecule has 3 rings (SSSR count). The summed E-state index contributed by atoms with van der Waals surface area (Å²) >= 11 is 6.02. The molecule has 0 aliphatic carbocycles. The molecule has 1 fully saturated rings. The molecule has 1 amide bonds. The first-order valence-corrected chi connectivity index (χ1v) is 10.6. The number of amides is 1. The van der Waals surface area contributed by atoms with E-state index < -0.39 is 32.6 Å². The van der Waals surface area contributed by atoms with Crippen LogP contribution in [0.2, 0.25) is 5.02 Å². The zero-order chi connectivity index (χ0) is 21.2. The molecule has 29 heavy (non-hydrogen) atoms. The molecule has 1 aliphatic rings. The first-order valence-electron chi connectivity index (χ1n) is 8.82. The van der Waals surface area contributed by atoms with Gasteiger partial charge in [0.05, 0.1) is 21.2 Å². The van der Waals surface area contributed by atoms with E-state index in [1.54, 1.807) is 24.3 Å². The van der Waals surface area contributed by atoms with Crippen molar-refractivity contribution in [2.24, 2.45) is 5.92 Å². The lowest BCUT2D eigenvalue weighted by atomic mass is 9.97. The van der Waals surface area contributed by atoms with Crippen molar-refractivity contribution in [1.82, 2.24) is 4.31 Å². The Hall–Kier alpha value is -2.10. The van der Waals surface area contributed by atoms with E-state index in [4.69, 9.17) is 11.6 Å². The summed E-state index contributed by atoms with van der Waals surface area (Å²) in [6.07, 6.45) is -4.11. The molecule has 1 aliphatic heterocycles. The van der Waals surface area contributed by atoms with E-state index in [1.807, 2.05) is 0 Å². The Morgan fingerprint density at radius 1 is 1.07 bits per heavy atom. The van der Waals surface area contributed by atoms with Crippen LogP contribution in [0.4, 0.5) is 18.9 Å². The average molecular weight is 447 g/mol. The van der Waals surface area contributed by atoms with Crippen molar-refractivity contribution in [3.8, 4) is 0 Å². The van der Waals surface area contributed by atoms with Crippen LogP contribution in [0, 0.1) is 5.92 Å². The molecule has 1 N–H and O–H groups in total. The van der Waals surface area contributed by atoms with Crippen LogP contribution in [0.3, 0.4) is 0 Å². The third kappa shape index (κ3) is 4.91. The van der Waals surface area contributed by atoms with Gasteiger partial charge in [-0.05, 0) is 43.2 Å². The molecule has 0 aromatic heterocycles. The molecule has 10 heteroatoms. The Bertz CT molecular complexity index is 1000. The lowest BCUT2D eigenvalue weighted by molar-refractivity contribution is -0.137. The Morgan fingerprint density at radius 2 is 1.72 bits per heavy atom. The summed E-state index contributed by atoms with van der Waals surface area (Å²) in [6, 6.07) is 10.4. The predicted octanol–water partition coefficient (Wildman–Crippen LogP) is 4.40. The lowest BCUT2D eigenvalue weighted by Gasteiger charge is -2.30. The van der Waals surface area contributed by atoms with Gasteiger partial charge in [-0.2, -0.15) is 17.5 Å². The second-order valence-electron chi connectivity index (χ2n) is 6.67. The summed E-state index contributed by atoms with van der Waals surface area (Å²) in [4.78, 5) is 12.0. The molecular formula is C19H18ClF3N2O3S. The number of carbonyl (C=O) groups excluding carboxylic acids is 1. The highest BCUT2D eigenvalue weighted by molar-refractivity contribution is 7.89. The molecule has 0 atom stereocenters. The monoisotopic (exact) mass is 446 g/mol. The van der Waals surface area contributed by atoms with Crippen molar-refractivity contribution in [2.75, 3.05) is 18.4 Å². The number of rotatable bonds is 4. The zero-order valence-corrected chi connectivity index (χ0v) is 16.7. The standard InChI is InChI=1S/C19H18ClF3N2O3S/c20-16-6-1-2-7-17(16)24-18(26)13-8-10-25(11-9-13)29(27,28)15-5-3-4-14(12-15)19(21,22)23/h1-7,12-13H,8-11H2,(H,24,26). The molecule has 0 radical (unpaired) electrons. The molecule has 1 saturated heterocycles. The van der Waals surface area contributed by atoms with Gasteiger partial charge in [-0.3, -0.25) is 4.79 Å². The van der Waals surface area contributed by atoms with E-state index in [-0.39, 0.29) is 31.8 Å². The molecule has 2 aromatic carbocycles. The normalized spacial score (nSPS) is 16.6. The van der Waals surface area contributed by atoms with Crippen molar-refractivity contribution < 1.29 is 26.4 Å². The minimum Gasteiger partial charge on any atom is -0.325 e. The summed E-state index contributed by atoms with van der Waals surface area (Å²) in [6.45, 7) is 0.0817. The summed E-state index contributed by atoms with van der Waals surface area (Å²) in [5, 5.41) is 3.12. The number of benzene rings is 2. The number of para-hydroxylation sites is 1. The van der Waals surface area contributed by atoms with Crippen molar-refractivity contribution in [2.45, 2.75) is 23.9 Å². The largest absolute Gasteiger partial charge is 0.416 e. The van der Waals surface area contributed by atoms with Crippen LogP contribution in [0.1, 0.15) is 18.4 Å². The number of hydrogen-bond acceptors (Lipinski definition) is 3. The SMILES string of the molecule is O=C(Nc1ccccc1Cl)C1CCN(S(=O)(=O)c2cccc(C(F)(F)F)c2)CC1. The van der Waals surface area contributed by atoms with Gasteiger partial charge in [-0.15, -0.1) is 0 Å². The van der Waals surface area contributed by atoms with E-state index >= 15 is 0 Å². The number of anilines is 1. The number of nitrogens with zero attached hydrogens (tertiary/aromatic N) is 1. The highest BCUT2D eigenvalue weighted by Crippen LogP contribution is 2.32. The van der Waals surface area contributed by atoms with Crippen molar-refractivity contribution in [3.05, 3.63) is 59.1 Å². The van der Waals surface area contributed by atoms with Gasteiger partial charge in [0.15, 0.2) is 0 Å². The Labute approximate surface area is 171 Å². The highest BCUT2D eigenvalue weighted by atomic mass is 35.5. The maximum absolute atomic E-state index is 12.9. The minimum absolute atomic E-state index is 0.0409. The third-order valence-electron chi connectivity index (χ3n) is 4.76. The fourth-order valence-corrected chi connectivity index (χ4v) is 4.84. The number of piperidine rings is 1. The molecule has 156 valence electrons. The van der Waals surface area contributed by atoms with E-state index in [2.05, 4.69) is 5.32 Å². The third-order valence-corrected chi connectivity index (χ3v) is 6.98. The lowest BCUT2D eigenvalue weighted by Crippen LogP contribution is -2.41. The first kappa shape index (κ1) is 21.6. The molecule has 0 spiro atoms. The van der Waals surface area contributed by atoms with E-state index in [0.717, 1.165) is 22.5 Å². The maximum atomic E-state index is 12.9. The van der Waals surface area contributed by atoms with Gasteiger partial charge < -0.3 is 5.32 Å². The van der Waals surface area contributed by atoms with E-state index in [9.17, 15) is 26.4 Å². The number of carbonyl (C=O) groups is 1. The van der Waals surface area contributed by atoms with Gasteiger partial charge in [0, 0.05) is 19.0 Å². The number of halogens is 4. The number of hydrogen-bond donors (Lipinski definition) is 1. The van der Waals surface area contributed by atoms with Gasteiger partial charge in [0.1, 0.15) is 0 Å². The smallest absolute Gasteiger partial charge is 0.325 e. The number of alkyl halides is 3. The second kappa shape index (κ2) is 8.33. The summed E-state index contributed by atoms with van der Waals surface area (Å²) in [5.41, 5.74) is -0.550. The van der Waals surface area contributed by atoms with E-state index in [1.165, 1.54) is 0 Å². The predicted molar refractivity (Wildman–Crippen MR) is 103 cm³/mol. The van der Waals surface area contributed by atoms with Crippen LogP contribution in [0.15, 0.2) is 53.4 Å². The topological polar surface area (TPSA) is 66.5 Å². The second-order valence-corrected chi connectivity index (χ2v) is 9.02. The quantitative estimate of drug-likeness (QED) is 0.757. The molecule has 0 bridgehead atoms. The van der Waals surface area contributed by atoms with Crippen LogP contribution in [0.25, 0.3) is 0 Å². The summed E-state index contributed by atoms with van der Waals surface area (Å²) in [7, 11) is -4.08. The molecule has 0 unspecified atom stereocenters. The van der Waals surface area contributed by atoms with Crippen molar-refractivity contribution >= 4 is 33.2 Å². The van der Waals surface area contributed by atoms with Crippen LogP contribution >= 0.6 is 11.6 Å². The van der Waals surface area contributed by atoms with Crippen LogP contribution in [0.5, 0.6) is 0 Å². The first-order chi connectivity index (χ1) is 13.6. The average Bonchev–Trinajstić information content (AvgIpc) is 2.69. The van der Waals surface area contributed by atoms with Crippen LogP contribution < -0.4 is 5.32 Å². The number of sulfonamides is 1. The van der Waals surface area contributed by atoms with Gasteiger partial charge >= 0.3 is 6.18 Å². The van der Waals surface area contributed by atoms with Gasteiger partial charge in [0.25, 0.3) is 0 Å². The van der Waals surface area contributed by atoms with Crippen LogP contribution in [-0.2, 0) is 21.0 Å². The molecule has 1 heterocycles. The maximum Gasteiger partial charge on any atom is 0.416 e. The van der Waals surface area contributed by atoms with Crippen molar-refractivity contribution in [1.29, 1.82) is 0 Å². The van der Waals surface area contributed by atoms with Gasteiger partial charge in [-0.1, -0.05) is 29.8 Å². The fourth-order valence-electron chi connectivity index (χ4n) is 3.14. The van der Waals surface area contributed by atoms with Crippen LogP contribution in [-0.4, -0.2) is 31.7 Å². The molecule has 5 nitrogen and oxygen atoms in total. The van der Waals surface area contributed by atoms with Gasteiger partial charge in [0.2, 0.25) is 15.9 Å². The van der Waals surface area contributed by atoms with Gasteiger partial charge in [-0.25, -0.2) is 8.42 Å². The zero-order valence-electron chi connectivity index (χ0n) is 15.1. The highest BCUT2D eigenvalue weighted by Gasteiger charge is 2.35. The minimum atomic E-state index is -4.63.